The van der Waals surface area contributed by atoms with Crippen molar-refractivity contribution in [1.82, 2.24) is 0 Å². The Morgan fingerprint density at radius 2 is 1.47 bits per heavy atom. The number of esters is 1. The van der Waals surface area contributed by atoms with E-state index in [0.29, 0.717) is 6.61 Å². The molecule has 0 radical (unpaired) electrons. The van der Waals surface area contributed by atoms with Gasteiger partial charge in [0.25, 0.3) is 0 Å². The molecule has 0 aromatic heterocycles. The predicted octanol–water partition coefficient (Wildman–Crippen LogP) is 2.51. The minimum atomic E-state index is -1.33. The molecule has 0 fully saturated rings. The lowest BCUT2D eigenvalue weighted by Crippen LogP contribution is -2.07. The predicted molar refractivity (Wildman–Crippen MR) is 73.9 cm³/mol. The monoisotopic (exact) mass is 275 g/mol. The Bertz CT molecular complexity index is 264. The number of ether oxygens (including phenoxy) is 1. The van der Waals surface area contributed by atoms with E-state index in [1.54, 1.807) is 6.92 Å². The van der Waals surface area contributed by atoms with Crippen molar-refractivity contribution in [1.29, 1.82) is 0 Å². The van der Waals surface area contributed by atoms with Crippen LogP contribution in [0.5, 0.6) is 0 Å². The molecule has 0 aromatic rings. The second-order valence-corrected chi connectivity index (χ2v) is 3.31. The minimum Gasteiger partial charge on any atom is -0.466 e. The summed E-state index contributed by atoms with van der Waals surface area (Å²) in [5, 5.41) is 7.19. The summed E-state index contributed by atoms with van der Waals surface area (Å²) in [7, 11) is 0. The molecule has 0 saturated heterocycles. The summed E-state index contributed by atoms with van der Waals surface area (Å²) < 4.78 is 4.49. The Kier molecular flexibility index (Phi) is 21.8. The number of carboxylic acid groups (broad SMARTS) is 1. The first-order valence-electron chi connectivity index (χ1n) is 6.10. The van der Waals surface area contributed by atoms with Gasteiger partial charge in [-0.3, -0.25) is 9.59 Å². The maximum atomic E-state index is 10.4. The Morgan fingerprint density at radius 1 is 1.11 bits per heavy atom. The lowest BCUT2D eigenvalue weighted by Gasteiger charge is -1.96. The van der Waals surface area contributed by atoms with Crippen molar-refractivity contribution < 1.29 is 24.2 Å². The van der Waals surface area contributed by atoms with Crippen LogP contribution in [0.1, 0.15) is 47.0 Å². The highest BCUT2D eigenvalue weighted by atomic mass is 16.5. The number of rotatable bonds is 5. The first-order valence-corrected chi connectivity index (χ1v) is 6.10. The van der Waals surface area contributed by atoms with E-state index in [9.17, 15) is 9.59 Å². The zero-order valence-corrected chi connectivity index (χ0v) is 12.1. The van der Waals surface area contributed by atoms with Crippen LogP contribution >= 0.6 is 0 Å². The van der Waals surface area contributed by atoms with Gasteiger partial charge in [0.2, 0.25) is 0 Å². The molecule has 0 unspecified atom stereocenters. The summed E-state index contributed by atoms with van der Waals surface area (Å²) in [4.78, 5) is 29.4. The molecule has 6 heteroatoms. The van der Waals surface area contributed by atoms with Gasteiger partial charge in [-0.05, 0) is 26.7 Å². The molecule has 0 aliphatic heterocycles. The summed E-state index contributed by atoms with van der Waals surface area (Å²) in [6.45, 7) is 7.69. The number of primary amides is 1. The van der Waals surface area contributed by atoms with Crippen LogP contribution < -0.4 is 5.73 Å². The third kappa shape index (κ3) is 48.7. The molecule has 0 aliphatic rings. The summed E-state index contributed by atoms with van der Waals surface area (Å²) in [6, 6.07) is 0. The molecule has 0 heterocycles. The van der Waals surface area contributed by atoms with Crippen LogP contribution in [-0.2, 0) is 14.3 Å². The van der Waals surface area contributed by atoms with Crippen molar-refractivity contribution >= 4 is 17.8 Å². The quantitative estimate of drug-likeness (QED) is 0.455. The van der Waals surface area contributed by atoms with Gasteiger partial charge in [0.15, 0.2) is 0 Å². The Labute approximate surface area is 114 Å². The molecule has 6 nitrogen and oxygen atoms in total. The second-order valence-electron chi connectivity index (χ2n) is 3.31. The molecule has 0 bridgehead atoms. The zero-order chi connectivity index (χ0) is 15.7. The average Bonchev–Trinajstić information content (AvgIpc) is 2.25. The molecule has 112 valence electrons. The molecule has 0 aromatic carbocycles. The van der Waals surface area contributed by atoms with E-state index in [1.807, 2.05) is 0 Å². The third-order valence-electron chi connectivity index (χ3n) is 1.34. The van der Waals surface area contributed by atoms with Crippen molar-refractivity contribution in [3.05, 3.63) is 12.2 Å². The molecule has 0 aliphatic carbocycles. The van der Waals surface area contributed by atoms with Gasteiger partial charge in [-0.2, -0.15) is 0 Å². The Balaban J connectivity index is -0.000000222. The molecule has 0 saturated carbocycles. The van der Waals surface area contributed by atoms with Gasteiger partial charge in [0.05, 0.1) is 6.61 Å². The van der Waals surface area contributed by atoms with Crippen molar-refractivity contribution in [3.63, 3.8) is 0 Å². The minimum absolute atomic E-state index is 0.103. The number of carbonyl (C=O) groups excluding carboxylic acids is 2. The fourth-order valence-electron chi connectivity index (χ4n) is 0.749. The standard InChI is InChI=1S/C6H10O3.C6H12.CH3NO2/c1-3-9-6(8)4-5(2)7;1-3-5-6-4-2;2-1(3)4/h3-4H2,1-2H3;5-6H,3-4H2,1-2H3;2H2,(H,3,4)/b;6-5-;. The van der Waals surface area contributed by atoms with Gasteiger partial charge >= 0.3 is 12.1 Å². The van der Waals surface area contributed by atoms with E-state index < -0.39 is 12.1 Å². The summed E-state index contributed by atoms with van der Waals surface area (Å²) in [5.41, 5.74) is 4.03. The average molecular weight is 275 g/mol. The first-order chi connectivity index (χ1) is 8.81. The van der Waals surface area contributed by atoms with Crippen molar-refractivity contribution in [2.45, 2.75) is 47.0 Å². The maximum absolute atomic E-state index is 10.4. The van der Waals surface area contributed by atoms with Gasteiger partial charge in [0, 0.05) is 0 Å². The van der Waals surface area contributed by atoms with E-state index in [1.165, 1.54) is 19.8 Å². The summed E-state index contributed by atoms with van der Waals surface area (Å²) in [5.74, 6) is -0.599. The van der Waals surface area contributed by atoms with Crippen LogP contribution in [-0.4, -0.2) is 29.6 Å². The van der Waals surface area contributed by atoms with Crippen LogP contribution in [0, 0.1) is 0 Å². The number of hydrogen-bond acceptors (Lipinski definition) is 4. The van der Waals surface area contributed by atoms with Crippen LogP contribution in [0.15, 0.2) is 12.2 Å². The highest BCUT2D eigenvalue weighted by Gasteiger charge is 2.03. The van der Waals surface area contributed by atoms with Gasteiger partial charge < -0.3 is 15.6 Å². The van der Waals surface area contributed by atoms with E-state index in [-0.39, 0.29) is 12.2 Å². The van der Waals surface area contributed by atoms with Crippen LogP contribution in [0.2, 0.25) is 0 Å². The number of ketones is 1. The maximum Gasteiger partial charge on any atom is 0.402 e. The van der Waals surface area contributed by atoms with E-state index >= 15 is 0 Å². The van der Waals surface area contributed by atoms with Gasteiger partial charge in [-0.1, -0.05) is 26.0 Å². The lowest BCUT2D eigenvalue weighted by molar-refractivity contribution is -0.145. The molecule has 3 N–H and O–H groups in total. The van der Waals surface area contributed by atoms with Crippen molar-refractivity contribution in [2.75, 3.05) is 6.61 Å². The number of Topliss-reactive ketones (excluding diaryl/α,β-unsaturated/α-hetero) is 1. The normalized spacial score (nSPS) is 8.63. The van der Waals surface area contributed by atoms with E-state index in [2.05, 4.69) is 36.5 Å². The molecular formula is C13H25NO5. The van der Waals surface area contributed by atoms with E-state index in [4.69, 9.17) is 9.90 Å². The smallest absolute Gasteiger partial charge is 0.402 e. The van der Waals surface area contributed by atoms with Crippen LogP contribution in [0.25, 0.3) is 0 Å². The van der Waals surface area contributed by atoms with Crippen molar-refractivity contribution in [3.8, 4) is 0 Å². The molecule has 0 rings (SSSR count). The fraction of sp³-hybridized carbons (Fsp3) is 0.615. The lowest BCUT2D eigenvalue weighted by atomic mass is 10.3. The fourth-order valence-corrected chi connectivity index (χ4v) is 0.749. The summed E-state index contributed by atoms with van der Waals surface area (Å²) in [6.07, 6.45) is 5.27. The SMILES string of the molecule is CC/C=C\CC.CCOC(=O)CC(C)=O.NC(=O)O. The van der Waals surface area contributed by atoms with Gasteiger partial charge in [0.1, 0.15) is 12.2 Å². The number of hydrogen-bond donors (Lipinski definition) is 2. The topological polar surface area (TPSA) is 107 Å². The third-order valence-corrected chi connectivity index (χ3v) is 1.34. The molecular weight excluding hydrogens is 250 g/mol. The Morgan fingerprint density at radius 3 is 1.68 bits per heavy atom. The molecule has 19 heavy (non-hydrogen) atoms. The highest BCUT2D eigenvalue weighted by molar-refractivity contribution is 5.94. The zero-order valence-electron chi connectivity index (χ0n) is 12.1. The number of carbonyl (C=O) groups is 3. The summed E-state index contributed by atoms with van der Waals surface area (Å²) >= 11 is 0. The second kappa shape index (κ2) is 18.5. The highest BCUT2D eigenvalue weighted by Crippen LogP contribution is 1.86. The largest absolute Gasteiger partial charge is 0.466 e. The van der Waals surface area contributed by atoms with Crippen LogP contribution in [0.4, 0.5) is 4.79 Å². The number of nitrogens with two attached hydrogens (primary N) is 1. The van der Waals surface area contributed by atoms with Crippen LogP contribution in [0.3, 0.4) is 0 Å². The Hall–Kier alpha value is -1.85. The van der Waals surface area contributed by atoms with Crippen molar-refractivity contribution in [2.24, 2.45) is 5.73 Å². The van der Waals surface area contributed by atoms with Gasteiger partial charge in [-0.15, -0.1) is 0 Å². The number of amides is 1. The van der Waals surface area contributed by atoms with E-state index in [0.717, 1.165) is 0 Å². The molecule has 0 atom stereocenters. The van der Waals surface area contributed by atoms with Gasteiger partial charge in [-0.25, -0.2) is 4.79 Å². The first kappa shape index (κ1) is 22.3. The molecule has 1 amide bonds. The molecule has 0 spiro atoms. The number of allylic oxidation sites excluding steroid dienone is 2.